The average molecular weight is 250 g/mol. The number of aromatic nitrogens is 4. The molecule has 0 aromatic carbocycles. The number of thiol groups is 1. The number of carbonyl (C=O) groups is 1. The molecule has 0 fully saturated rings. The molecule has 2 aromatic heterocycles. The second-order valence-corrected chi connectivity index (χ2v) is 4.44. The molecule has 0 saturated heterocycles. The number of aryl methyl sites for hydroxylation is 1. The molecule has 0 amide bonds. The summed E-state index contributed by atoms with van der Waals surface area (Å²) in [5.41, 5.74) is 2.03. The molecule has 6 nitrogen and oxygen atoms in total. The van der Waals surface area contributed by atoms with E-state index in [0.717, 1.165) is 36.9 Å². The van der Waals surface area contributed by atoms with E-state index in [0.29, 0.717) is 10.8 Å². The molecule has 0 aliphatic heterocycles. The maximum Gasteiger partial charge on any atom is 0.375 e. The van der Waals surface area contributed by atoms with Crippen LogP contribution in [0.15, 0.2) is 5.03 Å². The summed E-state index contributed by atoms with van der Waals surface area (Å²) in [5.74, 6) is -1.08. The summed E-state index contributed by atoms with van der Waals surface area (Å²) in [5, 5.41) is 13.4. The van der Waals surface area contributed by atoms with Gasteiger partial charge in [0.2, 0.25) is 0 Å². The van der Waals surface area contributed by atoms with Crippen molar-refractivity contribution in [1.82, 2.24) is 19.6 Å². The summed E-state index contributed by atoms with van der Waals surface area (Å²) < 4.78 is 1.40. The summed E-state index contributed by atoms with van der Waals surface area (Å²) in [6.07, 6.45) is 4.02. The Labute approximate surface area is 102 Å². The number of fused-ring (bicyclic) bond motifs is 2. The van der Waals surface area contributed by atoms with Crippen molar-refractivity contribution in [2.45, 2.75) is 30.7 Å². The molecule has 3 rings (SSSR count). The molecular weight excluding hydrogens is 240 g/mol. The zero-order valence-electron chi connectivity index (χ0n) is 8.92. The van der Waals surface area contributed by atoms with Crippen LogP contribution in [0.3, 0.4) is 0 Å². The van der Waals surface area contributed by atoms with E-state index < -0.39 is 5.97 Å². The van der Waals surface area contributed by atoms with Gasteiger partial charge in [0.15, 0.2) is 0 Å². The summed E-state index contributed by atoms with van der Waals surface area (Å²) in [6, 6.07) is 0. The second kappa shape index (κ2) is 3.69. The largest absolute Gasteiger partial charge is 0.475 e. The van der Waals surface area contributed by atoms with E-state index in [1.807, 2.05) is 0 Å². The third kappa shape index (κ3) is 1.57. The first kappa shape index (κ1) is 10.5. The van der Waals surface area contributed by atoms with E-state index in [-0.39, 0.29) is 5.82 Å². The standard InChI is InChI=1S/C10H10N4O2S/c15-9(16)7-12-10-11-6-4-2-1-3-5(6)8(17)14(10)13-7/h17H,1-4H2,(H,15,16). The van der Waals surface area contributed by atoms with Gasteiger partial charge in [0.25, 0.3) is 11.6 Å². The fourth-order valence-corrected chi connectivity index (χ4v) is 2.49. The van der Waals surface area contributed by atoms with Crippen molar-refractivity contribution in [1.29, 1.82) is 0 Å². The number of hydrogen-bond acceptors (Lipinski definition) is 5. The van der Waals surface area contributed by atoms with Crippen molar-refractivity contribution in [2.24, 2.45) is 0 Å². The molecule has 7 heteroatoms. The van der Waals surface area contributed by atoms with Crippen LogP contribution >= 0.6 is 12.6 Å². The summed E-state index contributed by atoms with van der Waals surface area (Å²) in [6.45, 7) is 0. The van der Waals surface area contributed by atoms with E-state index in [1.54, 1.807) is 0 Å². The Hall–Kier alpha value is -1.63. The van der Waals surface area contributed by atoms with Crippen LogP contribution in [0.4, 0.5) is 0 Å². The molecule has 17 heavy (non-hydrogen) atoms. The highest BCUT2D eigenvalue weighted by molar-refractivity contribution is 7.80. The molecule has 2 heterocycles. The molecular formula is C10H10N4O2S. The lowest BCUT2D eigenvalue weighted by atomic mass is 9.97. The van der Waals surface area contributed by atoms with Crippen LogP contribution in [-0.4, -0.2) is 30.7 Å². The monoisotopic (exact) mass is 250 g/mol. The molecule has 1 aliphatic carbocycles. The SMILES string of the molecule is O=C(O)c1nc2nc3c(c(S)n2n1)CCCC3. The average Bonchev–Trinajstić information content (AvgIpc) is 2.74. The Balaban J connectivity index is 2.28. The van der Waals surface area contributed by atoms with Gasteiger partial charge in [-0.1, -0.05) is 0 Å². The molecule has 0 atom stereocenters. The smallest absolute Gasteiger partial charge is 0.375 e. The van der Waals surface area contributed by atoms with Gasteiger partial charge in [0.1, 0.15) is 5.03 Å². The molecule has 0 spiro atoms. The van der Waals surface area contributed by atoms with Crippen LogP contribution in [0.5, 0.6) is 0 Å². The number of rotatable bonds is 1. The van der Waals surface area contributed by atoms with Gasteiger partial charge in [-0.15, -0.1) is 17.7 Å². The Kier molecular flexibility index (Phi) is 2.29. The maximum absolute atomic E-state index is 10.8. The summed E-state index contributed by atoms with van der Waals surface area (Å²) in [7, 11) is 0. The van der Waals surface area contributed by atoms with E-state index in [2.05, 4.69) is 27.7 Å². The molecule has 0 radical (unpaired) electrons. The van der Waals surface area contributed by atoms with Crippen molar-refractivity contribution < 1.29 is 9.90 Å². The number of hydrogen-bond donors (Lipinski definition) is 2. The third-order valence-corrected chi connectivity index (χ3v) is 3.38. The van der Waals surface area contributed by atoms with Crippen molar-refractivity contribution in [3.8, 4) is 0 Å². The van der Waals surface area contributed by atoms with Crippen LogP contribution in [0.25, 0.3) is 5.78 Å². The van der Waals surface area contributed by atoms with Gasteiger partial charge < -0.3 is 5.11 Å². The quantitative estimate of drug-likeness (QED) is 0.582. The molecule has 0 bridgehead atoms. The fraction of sp³-hybridized carbons (Fsp3) is 0.400. The van der Waals surface area contributed by atoms with Crippen LogP contribution in [0, 0.1) is 0 Å². The topological polar surface area (TPSA) is 80.4 Å². The van der Waals surface area contributed by atoms with Crippen molar-refractivity contribution in [3.63, 3.8) is 0 Å². The first-order chi connectivity index (χ1) is 8.16. The van der Waals surface area contributed by atoms with Gasteiger partial charge in [-0.3, -0.25) is 0 Å². The highest BCUT2D eigenvalue weighted by atomic mass is 32.1. The Morgan fingerprint density at radius 3 is 2.82 bits per heavy atom. The summed E-state index contributed by atoms with van der Waals surface area (Å²) >= 11 is 4.41. The molecule has 1 aliphatic rings. The van der Waals surface area contributed by atoms with Crippen LogP contribution in [0.2, 0.25) is 0 Å². The lowest BCUT2D eigenvalue weighted by Gasteiger charge is -2.16. The first-order valence-corrected chi connectivity index (χ1v) is 5.82. The van der Waals surface area contributed by atoms with Gasteiger partial charge >= 0.3 is 5.97 Å². The number of nitrogens with zero attached hydrogens (tertiary/aromatic N) is 4. The van der Waals surface area contributed by atoms with Gasteiger partial charge in [0.05, 0.1) is 5.69 Å². The minimum Gasteiger partial charge on any atom is -0.475 e. The van der Waals surface area contributed by atoms with Gasteiger partial charge in [-0.25, -0.2) is 9.78 Å². The molecule has 0 unspecified atom stereocenters. The summed E-state index contributed by atoms with van der Waals surface area (Å²) in [4.78, 5) is 19.0. The van der Waals surface area contributed by atoms with E-state index in [1.165, 1.54) is 4.52 Å². The highest BCUT2D eigenvalue weighted by Gasteiger charge is 2.20. The van der Waals surface area contributed by atoms with Crippen molar-refractivity contribution >= 4 is 24.4 Å². The van der Waals surface area contributed by atoms with Gasteiger partial charge in [-0.2, -0.15) is 9.50 Å². The van der Waals surface area contributed by atoms with Crippen LogP contribution < -0.4 is 0 Å². The van der Waals surface area contributed by atoms with E-state index >= 15 is 0 Å². The molecule has 2 aromatic rings. The van der Waals surface area contributed by atoms with Crippen molar-refractivity contribution in [3.05, 3.63) is 17.1 Å². The maximum atomic E-state index is 10.8. The Morgan fingerprint density at radius 1 is 1.29 bits per heavy atom. The molecule has 1 N–H and O–H groups in total. The Bertz CT molecular complexity index is 622. The number of carboxylic acid groups (broad SMARTS) is 1. The van der Waals surface area contributed by atoms with Gasteiger partial charge in [-0.05, 0) is 25.7 Å². The van der Waals surface area contributed by atoms with Crippen LogP contribution in [-0.2, 0) is 12.8 Å². The number of aromatic carboxylic acids is 1. The minimum atomic E-state index is -1.15. The second-order valence-electron chi connectivity index (χ2n) is 4.02. The minimum absolute atomic E-state index is 0.241. The zero-order valence-corrected chi connectivity index (χ0v) is 9.81. The predicted molar refractivity (Wildman–Crippen MR) is 61.6 cm³/mol. The highest BCUT2D eigenvalue weighted by Crippen LogP contribution is 2.25. The zero-order chi connectivity index (χ0) is 12.0. The number of carboxylic acids is 1. The third-order valence-electron chi connectivity index (χ3n) is 2.93. The lowest BCUT2D eigenvalue weighted by Crippen LogP contribution is -2.10. The van der Waals surface area contributed by atoms with Crippen LogP contribution in [0.1, 0.15) is 34.7 Å². The predicted octanol–water partition coefficient (Wildman–Crippen LogP) is 0.990. The van der Waals surface area contributed by atoms with Gasteiger partial charge in [0, 0.05) is 5.56 Å². The first-order valence-electron chi connectivity index (χ1n) is 5.37. The molecule has 0 saturated carbocycles. The fourth-order valence-electron chi connectivity index (χ4n) is 2.11. The van der Waals surface area contributed by atoms with E-state index in [4.69, 9.17) is 5.11 Å². The lowest BCUT2D eigenvalue weighted by molar-refractivity contribution is 0.0683. The normalized spacial score (nSPS) is 14.9. The van der Waals surface area contributed by atoms with Crippen molar-refractivity contribution in [2.75, 3.05) is 0 Å². The molecule has 88 valence electrons. The Morgan fingerprint density at radius 2 is 2.06 bits per heavy atom. The van der Waals surface area contributed by atoms with E-state index in [9.17, 15) is 4.79 Å².